The smallest absolute Gasteiger partial charge is 0.242 e. The number of pyridine rings is 1. The van der Waals surface area contributed by atoms with E-state index in [1.807, 2.05) is 38.3 Å². The number of anilines is 1. The zero-order chi connectivity index (χ0) is 17.4. The van der Waals surface area contributed by atoms with Gasteiger partial charge < -0.3 is 10.6 Å². The lowest BCUT2D eigenvalue weighted by Gasteiger charge is -2.18. The van der Waals surface area contributed by atoms with Gasteiger partial charge in [0.25, 0.3) is 0 Å². The van der Waals surface area contributed by atoms with Crippen LogP contribution in [0.15, 0.2) is 30.6 Å². The molecule has 2 aromatic rings. The average molecular weight is 345 g/mol. The summed E-state index contributed by atoms with van der Waals surface area (Å²) in [5.74, 6) is 1.33. The topological polar surface area (TPSA) is 79.8 Å². The summed E-state index contributed by atoms with van der Waals surface area (Å²) in [5.41, 5.74) is 2.78. The number of aryl methyl sites for hydroxylation is 2. The van der Waals surface area contributed by atoms with Crippen LogP contribution in [0.1, 0.15) is 23.4 Å². The molecule has 0 aliphatic rings. The minimum absolute atomic E-state index is 0.0522. The molecule has 2 rings (SSSR count). The van der Waals surface area contributed by atoms with Crippen LogP contribution in [0, 0.1) is 13.8 Å². The highest BCUT2D eigenvalue weighted by Crippen LogP contribution is 2.10. The number of carbonyl (C=O) groups excluding carboxylic acids is 1. The van der Waals surface area contributed by atoms with Gasteiger partial charge in [-0.25, -0.2) is 9.97 Å². The van der Waals surface area contributed by atoms with Crippen molar-refractivity contribution in [1.82, 2.24) is 20.3 Å². The Morgan fingerprint density at radius 2 is 1.88 bits per heavy atom. The van der Waals surface area contributed by atoms with E-state index >= 15 is 0 Å². The summed E-state index contributed by atoms with van der Waals surface area (Å²) < 4.78 is 0. The van der Waals surface area contributed by atoms with Crippen LogP contribution < -0.4 is 10.6 Å². The van der Waals surface area contributed by atoms with Crippen molar-refractivity contribution >= 4 is 23.6 Å². The second-order valence-electron chi connectivity index (χ2n) is 5.53. The van der Waals surface area contributed by atoms with Crippen molar-refractivity contribution in [2.45, 2.75) is 32.9 Å². The Balaban J connectivity index is 2.01. The quantitative estimate of drug-likeness (QED) is 0.764. The largest absolute Gasteiger partial charge is 0.350 e. The van der Waals surface area contributed by atoms with Gasteiger partial charge in [0, 0.05) is 30.3 Å². The molecule has 0 fully saturated rings. The lowest BCUT2D eigenvalue weighted by atomic mass is 10.2. The number of rotatable bonds is 8. The van der Waals surface area contributed by atoms with Crippen molar-refractivity contribution in [3.63, 3.8) is 0 Å². The minimum Gasteiger partial charge on any atom is -0.350 e. The first-order valence-electron chi connectivity index (χ1n) is 7.83. The number of nitrogens with one attached hydrogen (secondary N) is 2. The van der Waals surface area contributed by atoms with Crippen molar-refractivity contribution in [1.29, 1.82) is 0 Å². The van der Waals surface area contributed by atoms with E-state index < -0.39 is 0 Å². The molecule has 6 nitrogen and oxygen atoms in total. The summed E-state index contributed by atoms with van der Waals surface area (Å²) in [6, 6.07) is 5.32. The zero-order valence-electron chi connectivity index (χ0n) is 14.2. The fourth-order valence-electron chi connectivity index (χ4n) is 2.26. The Morgan fingerprint density at radius 1 is 1.21 bits per heavy atom. The van der Waals surface area contributed by atoms with E-state index in [0.717, 1.165) is 22.7 Å². The maximum Gasteiger partial charge on any atom is 0.242 e. The third kappa shape index (κ3) is 5.81. The number of aromatic nitrogens is 3. The minimum atomic E-state index is -0.361. The van der Waals surface area contributed by atoms with Crippen molar-refractivity contribution in [3.8, 4) is 0 Å². The van der Waals surface area contributed by atoms with Gasteiger partial charge in [0.1, 0.15) is 6.04 Å². The predicted molar refractivity (Wildman–Crippen MR) is 98.0 cm³/mol. The van der Waals surface area contributed by atoms with Gasteiger partial charge in [0.2, 0.25) is 11.9 Å². The van der Waals surface area contributed by atoms with E-state index in [1.54, 1.807) is 24.2 Å². The lowest BCUT2D eigenvalue weighted by molar-refractivity contribution is -0.122. The van der Waals surface area contributed by atoms with E-state index in [-0.39, 0.29) is 11.9 Å². The van der Waals surface area contributed by atoms with Crippen molar-refractivity contribution in [2.24, 2.45) is 0 Å². The fourth-order valence-corrected chi connectivity index (χ4v) is 2.74. The molecule has 0 aliphatic carbocycles. The van der Waals surface area contributed by atoms with Crippen molar-refractivity contribution in [3.05, 3.63) is 47.5 Å². The molecule has 128 valence electrons. The molecule has 1 atom stereocenters. The van der Waals surface area contributed by atoms with Crippen molar-refractivity contribution < 1.29 is 4.79 Å². The Morgan fingerprint density at radius 3 is 2.50 bits per heavy atom. The second-order valence-corrected chi connectivity index (χ2v) is 6.51. The van der Waals surface area contributed by atoms with Crippen LogP contribution >= 0.6 is 11.8 Å². The van der Waals surface area contributed by atoms with Crippen LogP contribution in [-0.2, 0) is 11.3 Å². The predicted octanol–water partition coefficient (Wildman–Crippen LogP) is 2.34. The maximum atomic E-state index is 12.5. The van der Waals surface area contributed by atoms with Crippen LogP contribution in [-0.4, -0.2) is 38.9 Å². The second kappa shape index (κ2) is 9.22. The molecule has 2 N–H and O–H groups in total. The van der Waals surface area contributed by atoms with Crippen LogP contribution in [0.4, 0.5) is 5.95 Å². The highest BCUT2D eigenvalue weighted by atomic mass is 32.2. The van der Waals surface area contributed by atoms with Gasteiger partial charge in [-0.3, -0.25) is 9.78 Å². The molecule has 0 radical (unpaired) electrons. The standard InChI is InChI=1S/C17H23N5OS/c1-12-10-13(2)21-17(20-12)22-15(6-9-24-3)16(23)19-11-14-4-7-18-8-5-14/h4-5,7-8,10,15H,6,9,11H2,1-3H3,(H,19,23)(H,20,21,22). The summed E-state index contributed by atoms with van der Waals surface area (Å²) in [5, 5.41) is 6.13. The summed E-state index contributed by atoms with van der Waals surface area (Å²) in [6.45, 7) is 4.31. The first kappa shape index (κ1) is 18.2. The van der Waals surface area contributed by atoms with Gasteiger partial charge in [-0.05, 0) is 56.0 Å². The molecule has 0 saturated heterocycles. The van der Waals surface area contributed by atoms with Crippen LogP contribution in [0.5, 0.6) is 0 Å². The molecule has 0 aliphatic heterocycles. The fraction of sp³-hybridized carbons (Fsp3) is 0.412. The number of carbonyl (C=O) groups is 1. The van der Waals surface area contributed by atoms with E-state index in [9.17, 15) is 4.79 Å². The van der Waals surface area contributed by atoms with Crippen LogP contribution in [0.25, 0.3) is 0 Å². The molecule has 2 aromatic heterocycles. The molecule has 7 heteroatoms. The van der Waals surface area contributed by atoms with E-state index in [0.29, 0.717) is 18.9 Å². The maximum absolute atomic E-state index is 12.5. The highest BCUT2D eigenvalue weighted by molar-refractivity contribution is 7.98. The van der Waals surface area contributed by atoms with E-state index in [2.05, 4.69) is 25.6 Å². The summed E-state index contributed by atoms with van der Waals surface area (Å²) >= 11 is 1.71. The molecule has 0 bridgehead atoms. The number of amides is 1. The zero-order valence-corrected chi connectivity index (χ0v) is 15.1. The summed E-state index contributed by atoms with van der Waals surface area (Å²) in [4.78, 5) is 25.2. The van der Waals surface area contributed by atoms with Crippen LogP contribution in [0.2, 0.25) is 0 Å². The SMILES string of the molecule is CSCCC(Nc1nc(C)cc(C)n1)C(=O)NCc1ccncc1. The summed E-state index contributed by atoms with van der Waals surface area (Å²) in [7, 11) is 0. The van der Waals surface area contributed by atoms with Gasteiger partial charge in [-0.1, -0.05) is 0 Å². The number of hydrogen-bond donors (Lipinski definition) is 2. The van der Waals surface area contributed by atoms with Gasteiger partial charge >= 0.3 is 0 Å². The normalized spacial score (nSPS) is 11.8. The molecular weight excluding hydrogens is 322 g/mol. The lowest BCUT2D eigenvalue weighted by Crippen LogP contribution is -2.40. The molecule has 0 spiro atoms. The summed E-state index contributed by atoms with van der Waals surface area (Å²) in [6.07, 6.45) is 6.17. The van der Waals surface area contributed by atoms with Gasteiger partial charge in [-0.2, -0.15) is 11.8 Å². The Bertz CT molecular complexity index is 645. The third-order valence-corrected chi connectivity index (χ3v) is 4.07. The molecular formula is C17H23N5OS. The van der Waals surface area contributed by atoms with E-state index in [4.69, 9.17) is 0 Å². The number of hydrogen-bond acceptors (Lipinski definition) is 6. The first-order valence-corrected chi connectivity index (χ1v) is 9.22. The van der Waals surface area contributed by atoms with Gasteiger partial charge in [-0.15, -0.1) is 0 Å². The monoisotopic (exact) mass is 345 g/mol. The molecule has 1 unspecified atom stereocenters. The molecule has 1 amide bonds. The molecule has 24 heavy (non-hydrogen) atoms. The Labute approximate surface area is 146 Å². The van der Waals surface area contributed by atoms with Gasteiger partial charge in [0.15, 0.2) is 0 Å². The highest BCUT2D eigenvalue weighted by Gasteiger charge is 2.19. The Hall–Kier alpha value is -2.15. The molecule has 0 aromatic carbocycles. The van der Waals surface area contributed by atoms with E-state index in [1.165, 1.54) is 0 Å². The molecule has 2 heterocycles. The average Bonchev–Trinajstić information content (AvgIpc) is 2.56. The van der Waals surface area contributed by atoms with Crippen LogP contribution in [0.3, 0.4) is 0 Å². The third-order valence-electron chi connectivity index (χ3n) is 3.43. The molecule has 0 saturated carbocycles. The van der Waals surface area contributed by atoms with Crippen molar-refractivity contribution in [2.75, 3.05) is 17.3 Å². The van der Waals surface area contributed by atoms with Gasteiger partial charge in [0.05, 0.1) is 0 Å². The Kier molecular flexibility index (Phi) is 6.99. The first-order chi connectivity index (χ1) is 11.6. The number of nitrogens with zero attached hydrogens (tertiary/aromatic N) is 3. The number of thioether (sulfide) groups is 1.